The second-order valence-corrected chi connectivity index (χ2v) is 6.83. The molecule has 1 aromatic heterocycles. The van der Waals surface area contributed by atoms with Crippen LogP contribution in [0.25, 0.3) is 11.3 Å². The fourth-order valence-electron chi connectivity index (χ4n) is 2.99. The highest BCUT2D eigenvalue weighted by atomic mass is 19.4. The Morgan fingerprint density at radius 1 is 0.812 bits per heavy atom. The molecule has 1 atom stereocenters. The van der Waals surface area contributed by atoms with E-state index in [9.17, 15) is 35.8 Å². The Kier molecular flexibility index (Phi) is 6.40. The first-order valence-corrected chi connectivity index (χ1v) is 9.15. The topological polar surface area (TPSA) is 58.0 Å². The van der Waals surface area contributed by atoms with Gasteiger partial charge in [0.05, 0.1) is 11.8 Å². The summed E-state index contributed by atoms with van der Waals surface area (Å²) in [5.74, 6) is 0.161. The Bertz CT molecular complexity index is 1040. The van der Waals surface area contributed by atoms with Gasteiger partial charge in [-0.05, 0) is 11.6 Å². The van der Waals surface area contributed by atoms with Crippen molar-refractivity contribution < 1.29 is 35.8 Å². The van der Waals surface area contributed by atoms with Crippen LogP contribution in [-0.4, -0.2) is 34.0 Å². The lowest BCUT2D eigenvalue weighted by molar-refractivity contribution is -0.348. The molecule has 0 saturated carbocycles. The molecule has 0 aliphatic rings. The molecular weight excluding hydrogens is 443 g/mol. The standard InChI is InChI=1S/C21H16F7N3O/c22-19(20(23,24)25,21(26,27)28)15-8-4-7-14(9-15)16-10-18(31-12-30-16)29-11-17(32)13-5-2-1-3-6-13/h1-10,12,17,32H,11H2,(H,29,30,31). The summed E-state index contributed by atoms with van der Waals surface area (Å²) in [6.45, 7) is 0.0241. The maximum Gasteiger partial charge on any atom is 0.435 e. The molecule has 11 heteroatoms. The van der Waals surface area contributed by atoms with Crippen molar-refractivity contribution in [1.82, 2.24) is 9.97 Å². The van der Waals surface area contributed by atoms with E-state index >= 15 is 0 Å². The number of nitrogens with one attached hydrogen (secondary N) is 1. The van der Waals surface area contributed by atoms with Gasteiger partial charge in [0.2, 0.25) is 0 Å². The highest BCUT2D eigenvalue weighted by Crippen LogP contribution is 2.53. The van der Waals surface area contributed by atoms with Crippen LogP contribution in [0, 0.1) is 0 Å². The molecule has 1 heterocycles. The highest BCUT2D eigenvalue weighted by molar-refractivity contribution is 5.63. The molecule has 2 N–H and O–H groups in total. The van der Waals surface area contributed by atoms with Crippen molar-refractivity contribution in [3.8, 4) is 11.3 Å². The molecule has 3 aromatic rings. The second-order valence-electron chi connectivity index (χ2n) is 6.83. The minimum absolute atomic E-state index is 0.0241. The van der Waals surface area contributed by atoms with Crippen LogP contribution in [0.5, 0.6) is 0 Å². The molecule has 0 spiro atoms. The summed E-state index contributed by atoms with van der Waals surface area (Å²) in [7, 11) is 0. The summed E-state index contributed by atoms with van der Waals surface area (Å²) in [6, 6.07) is 12.9. The van der Waals surface area contributed by atoms with Gasteiger partial charge in [-0.25, -0.2) is 14.4 Å². The van der Waals surface area contributed by atoms with Crippen molar-refractivity contribution in [1.29, 1.82) is 0 Å². The molecule has 170 valence electrons. The summed E-state index contributed by atoms with van der Waals surface area (Å²) in [5.41, 5.74) is -6.73. The number of nitrogens with zero attached hydrogens (tertiary/aromatic N) is 2. The Labute approximate surface area is 177 Å². The lowest BCUT2D eigenvalue weighted by Crippen LogP contribution is -2.50. The maximum absolute atomic E-state index is 14.4. The van der Waals surface area contributed by atoms with E-state index in [1.54, 1.807) is 30.3 Å². The molecule has 4 nitrogen and oxygen atoms in total. The van der Waals surface area contributed by atoms with Crippen molar-refractivity contribution >= 4 is 5.82 Å². The van der Waals surface area contributed by atoms with Gasteiger partial charge in [-0.2, -0.15) is 26.3 Å². The van der Waals surface area contributed by atoms with E-state index in [-0.39, 0.29) is 23.6 Å². The second kappa shape index (κ2) is 8.73. The zero-order valence-corrected chi connectivity index (χ0v) is 16.1. The molecule has 0 amide bonds. The number of aliphatic hydroxyl groups excluding tert-OH is 1. The molecule has 0 aliphatic carbocycles. The number of hydrogen-bond donors (Lipinski definition) is 2. The van der Waals surface area contributed by atoms with Crippen LogP contribution in [0.3, 0.4) is 0 Å². The van der Waals surface area contributed by atoms with E-state index in [1.807, 2.05) is 0 Å². The van der Waals surface area contributed by atoms with Crippen LogP contribution in [0.2, 0.25) is 0 Å². The fraction of sp³-hybridized carbons (Fsp3) is 0.238. The molecule has 0 radical (unpaired) electrons. The summed E-state index contributed by atoms with van der Waals surface area (Å²) in [4.78, 5) is 7.76. The summed E-state index contributed by atoms with van der Waals surface area (Å²) in [6.07, 6.45) is -12.3. The minimum atomic E-state index is -6.21. The molecule has 1 unspecified atom stereocenters. The largest absolute Gasteiger partial charge is 0.435 e. The van der Waals surface area contributed by atoms with Crippen LogP contribution in [0.1, 0.15) is 17.2 Å². The van der Waals surface area contributed by atoms with Crippen LogP contribution in [-0.2, 0) is 5.67 Å². The van der Waals surface area contributed by atoms with Gasteiger partial charge < -0.3 is 10.4 Å². The average Bonchev–Trinajstić information content (AvgIpc) is 2.76. The maximum atomic E-state index is 14.4. The number of aromatic nitrogens is 2. The summed E-state index contributed by atoms with van der Waals surface area (Å²) in [5, 5.41) is 13.0. The van der Waals surface area contributed by atoms with E-state index in [0.717, 1.165) is 12.4 Å². The van der Waals surface area contributed by atoms with Crippen LogP contribution < -0.4 is 5.32 Å². The first-order valence-electron chi connectivity index (χ1n) is 9.15. The first-order chi connectivity index (χ1) is 14.9. The van der Waals surface area contributed by atoms with Crippen LogP contribution >= 0.6 is 0 Å². The SMILES string of the molecule is OC(CNc1cc(-c2cccc(C(F)(C(F)(F)F)C(F)(F)F)c2)ncn1)c1ccccc1. The molecule has 3 rings (SSSR count). The Hall–Kier alpha value is -3.21. The van der Waals surface area contributed by atoms with Gasteiger partial charge in [0.25, 0.3) is 0 Å². The zero-order chi connectivity index (χ0) is 23.6. The van der Waals surface area contributed by atoms with Crippen molar-refractivity contribution in [2.75, 3.05) is 11.9 Å². The van der Waals surface area contributed by atoms with E-state index in [0.29, 0.717) is 17.7 Å². The summed E-state index contributed by atoms with van der Waals surface area (Å²) >= 11 is 0. The van der Waals surface area contributed by atoms with Gasteiger partial charge in [0, 0.05) is 23.7 Å². The smallest absolute Gasteiger partial charge is 0.387 e. The van der Waals surface area contributed by atoms with Gasteiger partial charge in [-0.1, -0.05) is 48.5 Å². The number of anilines is 1. The number of aliphatic hydroxyl groups is 1. The Morgan fingerprint density at radius 3 is 2.09 bits per heavy atom. The third kappa shape index (κ3) is 4.67. The predicted molar refractivity (Wildman–Crippen MR) is 102 cm³/mol. The monoisotopic (exact) mass is 459 g/mol. The lowest BCUT2D eigenvalue weighted by atomic mass is 9.92. The van der Waals surface area contributed by atoms with E-state index in [1.165, 1.54) is 12.1 Å². The predicted octanol–water partition coefficient (Wildman–Crippen LogP) is 5.58. The number of halogens is 7. The van der Waals surface area contributed by atoms with E-state index < -0.39 is 29.7 Å². The minimum Gasteiger partial charge on any atom is -0.387 e. The molecule has 0 saturated heterocycles. The third-order valence-corrected chi connectivity index (χ3v) is 4.67. The molecule has 0 bridgehead atoms. The van der Waals surface area contributed by atoms with Crippen molar-refractivity contribution in [2.24, 2.45) is 0 Å². The lowest BCUT2D eigenvalue weighted by Gasteiger charge is -2.30. The molecule has 0 aliphatic heterocycles. The summed E-state index contributed by atoms with van der Waals surface area (Å²) < 4.78 is 92.6. The van der Waals surface area contributed by atoms with Gasteiger partial charge in [0.15, 0.2) is 0 Å². The van der Waals surface area contributed by atoms with Crippen molar-refractivity contribution in [3.63, 3.8) is 0 Å². The van der Waals surface area contributed by atoms with Crippen LogP contribution in [0.15, 0.2) is 67.0 Å². The Morgan fingerprint density at radius 2 is 1.47 bits per heavy atom. The first kappa shape index (κ1) is 23.5. The van der Waals surface area contributed by atoms with Crippen molar-refractivity contribution in [3.05, 3.63) is 78.1 Å². The van der Waals surface area contributed by atoms with Gasteiger partial charge in [-0.3, -0.25) is 0 Å². The van der Waals surface area contributed by atoms with E-state index in [2.05, 4.69) is 15.3 Å². The van der Waals surface area contributed by atoms with Gasteiger partial charge in [-0.15, -0.1) is 0 Å². The van der Waals surface area contributed by atoms with E-state index in [4.69, 9.17) is 0 Å². The van der Waals surface area contributed by atoms with Gasteiger partial charge >= 0.3 is 18.0 Å². The normalized spacial score (nSPS) is 13.6. The third-order valence-electron chi connectivity index (χ3n) is 4.67. The molecular formula is C21H16F7N3O. The average molecular weight is 459 g/mol. The van der Waals surface area contributed by atoms with Gasteiger partial charge in [0.1, 0.15) is 12.1 Å². The fourth-order valence-corrected chi connectivity index (χ4v) is 2.99. The highest BCUT2D eigenvalue weighted by Gasteiger charge is 2.73. The molecule has 2 aromatic carbocycles. The quantitative estimate of drug-likeness (QED) is 0.473. The number of alkyl halides is 7. The number of hydrogen-bond acceptors (Lipinski definition) is 4. The molecule has 32 heavy (non-hydrogen) atoms. The number of rotatable bonds is 6. The zero-order valence-electron chi connectivity index (χ0n) is 16.1. The van der Waals surface area contributed by atoms with Crippen LogP contribution in [0.4, 0.5) is 36.6 Å². The van der Waals surface area contributed by atoms with Crippen molar-refractivity contribution in [2.45, 2.75) is 24.1 Å². The number of benzene rings is 2. The molecule has 0 fully saturated rings. The Balaban J connectivity index is 1.87.